The maximum absolute atomic E-state index is 12.0. The molecule has 0 radical (unpaired) electrons. The van der Waals surface area contributed by atoms with E-state index in [0.717, 1.165) is 23.3 Å². The van der Waals surface area contributed by atoms with Crippen molar-refractivity contribution in [1.29, 1.82) is 0 Å². The van der Waals surface area contributed by atoms with Crippen LogP contribution in [0, 0.1) is 0 Å². The molecule has 4 nitrogen and oxygen atoms in total. The smallest absolute Gasteiger partial charge is 0.268 e. The summed E-state index contributed by atoms with van der Waals surface area (Å²) >= 11 is 3.43. The van der Waals surface area contributed by atoms with Crippen LogP contribution in [-0.2, 0) is 0 Å². The van der Waals surface area contributed by atoms with Crippen molar-refractivity contribution < 1.29 is 4.79 Å². The molecule has 0 spiro atoms. The van der Waals surface area contributed by atoms with Gasteiger partial charge in [0.2, 0.25) is 0 Å². The Bertz CT molecular complexity index is 421. The van der Waals surface area contributed by atoms with E-state index in [0.29, 0.717) is 12.1 Å². The van der Waals surface area contributed by atoms with Gasteiger partial charge in [0.05, 0.1) is 6.04 Å². The number of hydrogen-bond donors (Lipinski definition) is 2. The molecule has 3 rings (SSSR count). The third-order valence-corrected chi connectivity index (χ3v) is 3.54. The molecule has 1 amide bonds. The van der Waals surface area contributed by atoms with Gasteiger partial charge in [-0.05, 0) is 34.8 Å². The topological polar surface area (TPSA) is 46.1 Å². The molecule has 2 aliphatic rings. The Morgan fingerprint density at radius 3 is 2.81 bits per heavy atom. The lowest BCUT2D eigenvalue weighted by atomic mass is 10.2. The summed E-state index contributed by atoms with van der Waals surface area (Å²) in [6.45, 7) is 1.77. The fraction of sp³-hybridized carbons (Fsp3) is 0.545. The van der Waals surface area contributed by atoms with E-state index in [-0.39, 0.29) is 5.91 Å². The number of carbonyl (C=O) groups is 1. The van der Waals surface area contributed by atoms with Gasteiger partial charge in [-0.2, -0.15) is 0 Å². The molecule has 16 heavy (non-hydrogen) atoms. The summed E-state index contributed by atoms with van der Waals surface area (Å²) in [4.78, 5) is 12.0. The average Bonchev–Trinajstić information content (AvgIpc) is 2.96. The first-order valence-electron chi connectivity index (χ1n) is 5.63. The molecule has 2 heterocycles. The van der Waals surface area contributed by atoms with E-state index >= 15 is 0 Å². The molecule has 1 aliphatic carbocycles. The highest BCUT2D eigenvalue weighted by Crippen LogP contribution is 2.37. The van der Waals surface area contributed by atoms with Crippen molar-refractivity contribution in [1.82, 2.24) is 15.2 Å². The summed E-state index contributed by atoms with van der Waals surface area (Å²) in [5.41, 5.74) is 0.779. The second-order valence-corrected chi connectivity index (χ2v) is 5.43. The number of nitrogens with zero attached hydrogens (tertiary/aromatic N) is 1. The minimum atomic E-state index is 0.0455. The summed E-state index contributed by atoms with van der Waals surface area (Å²) in [6.07, 6.45) is 4.38. The molecular formula is C11H14BrN3O. The summed E-state index contributed by atoms with van der Waals surface area (Å²) in [5.74, 6) is 0.0455. The van der Waals surface area contributed by atoms with Crippen molar-refractivity contribution in [2.24, 2.45) is 0 Å². The van der Waals surface area contributed by atoms with Gasteiger partial charge in [0.1, 0.15) is 5.69 Å². The molecule has 1 aromatic heterocycles. The Labute approximate surface area is 103 Å². The van der Waals surface area contributed by atoms with Crippen LogP contribution in [0.25, 0.3) is 0 Å². The molecular weight excluding hydrogens is 270 g/mol. The quantitative estimate of drug-likeness (QED) is 0.878. The van der Waals surface area contributed by atoms with Gasteiger partial charge in [-0.15, -0.1) is 0 Å². The number of amides is 1. The van der Waals surface area contributed by atoms with Crippen LogP contribution in [0.15, 0.2) is 16.7 Å². The van der Waals surface area contributed by atoms with Gasteiger partial charge in [0.25, 0.3) is 5.91 Å². The van der Waals surface area contributed by atoms with Crippen LogP contribution < -0.4 is 10.6 Å². The van der Waals surface area contributed by atoms with Crippen molar-refractivity contribution in [2.75, 3.05) is 13.1 Å². The second-order valence-electron chi connectivity index (χ2n) is 4.51. The van der Waals surface area contributed by atoms with Crippen LogP contribution in [0.5, 0.6) is 0 Å². The van der Waals surface area contributed by atoms with Crippen molar-refractivity contribution in [2.45, 2.75) is 24.9 Å². The second kappa shape index (κ2) is 3.89. The first kappa shape index (κ1) is 10.4. The Morgan fingerprint density at radius 1 is 1.50 bits per heavy atom. The molecule has 5 heteroatoms. The predicted octanol–water partition coefficient (Wildman–Crippen LogP) is 1.29. The Morgan fingerprint density at radius 2 is 2.25 bits per heavy atom. The molecule has 1 aliphatic heterocycles. The highest BCUT2D eigenvalue weighted by Gasteiger charge is 2.29. The monoisotopic (exact) mass is 283 g/mol. The van der Waals surface area contributed by atoms with E-state index in [2.05, 4.69) is 31.1 Å². The van der Waals surface area contributed by atoms with Crippen molar-refractivity contribution in [3.63, 3.8) is 0 Å². The third-order valence-electron chi connectivity index (χ3n) is 3.10. The fourth-order valence-electron chi connectivity index (χ4n) is 1.93. The van der Waals surface area contributed by atoms with Crippen LogP contribution in [0.2, 0.25) is 0 Å². The van der Waals surface area contributed by atoms with Crippen LogP contribution in [0.4, 0.5) is 0 Å². The average molecular weight is 284 g/mol. The van der Waals surface area contributed by atoms with E-state index in [1.807, 2.05) is 12.3 Å². The first-order valence-corrected chi connectivity index (χ1v) is 6.42. The standard InChI is InChI=1S/C11H14BrN3O/c12-7-3-10(15(6-7)9-1-2-9)11(16)14-8-4-13-5-8/h3,6,8-9,13H,1-2,4-5H2,(H,14,16). The molecule has 1 saturated carbocycles. The molecule has 1 saturated heterocycles. The lowest BCUT2D eigenvalue weighted by molar-refractivity contribution is 0.0914. The summed E-state index contributed by atoms with van der Waals surface area (Å²) in [6, 6.07) is 2.74. The van der Waals surface area contributed by atoms with Gasteiger partial charge in [0, 0.05) is 29.8 Å². The molecule has 1 aromatic rings. The Kier molecular flexibility index (Phi) is 2.52. The van der Waals surface area contributed by atoms with Gasteiger partial charge in [-0.25, -0.2) is 0 Å². The van der Waals surface area contributed by atoms with Crippen molar-refractivity contribution >= 4 is 21.8 Å². The van der Waals surface area contributed by atoms with E-state index < -0.39 is 0 Å². The zero-order valence-corrected chi connectivity index (χ0v) is 10.5. The number of nitrogens with one attached hydrogen (secondary N) is 2. The Hall–Kier alpha value is -0.810. The van der Waals surface area contributed by atoms with E-state index in [9.17, 15) is 4.79 Å². The van der Waals surface area contributed by atoms with E-state index in [1.54, 1.807) is 0 Å². The normalized spacial score (nSPS) is 20.6. The van der Waals surface area contributed by atoms with E-state index in [4.69, 9.17) is 0 Å². The summed E-state index contributed by atoms with van der Waals surface area (Å²) < 4.78 is 3.07. The van der Waals surface area contributed by atoms with Crippen LogP contribution in [0.1, 0.15) is 29.4 Å². The lowest BCUT2D eigenvalue weighted by Gasteiger charge is -2.28. The largest absolute Gasteiger partial charge is 0.345 e. The molecule has 2 N–H and O–H groups in total. The van der Waals surface area contributed by atoms with Crippen molar-refractivity contribution in [3.05, 3.63) is 22.4 Å². The predicted molar refractivity (Wildman–Crippen MR) is 64.5 cm³/mol. The molecule has 0 unspecified atom stereocenters. The minimum Gasteiger partial charge on any atom is -0.345 e. The van der Waals surface area contributed by atoms with Gasteiger partial charge in [0.15, 0.2) is 0 Å². The zero-order chi connectivity index (χ0) is 11.1. The number of hydrogen-bond acceptors (Lipinski definition) is 2. The number of halogens is 1. The maximum Gasteiger partial charge on any atom is 0.268 e. The molecule has 0 atom stereocenters. The zero-order valence-electron chi connectivity index (χ0n) is 8.87. The van der Waals surface area contributed by atoms with Crippen LogP contribution in [-0.4, -0.2) is 29.6 Å². The SMILES string of the molecule is O=C(NC1CNC1)c1cc(Br)cn1C1CC1. The molecule has 2 fully saturated rings. The van der Waals surface area contributed by atoms with Gasteiger partial charge in [-0.3, -0.25) is 4.79 Å². The highest BCUT2D eigenvalue weighted by atomic mass is 79.9. The van der Waals surface area contributed by atoms with Crippen LogP contribution >= 0.6 is 15.9 Å². The van der Waals surface area contributed by atoms with Gasteiger partial charge >= 0.3 is 0 Å². The fourth-order valence-corrected chi connectivity index (χ4v) is 2.37. The maximum atomic E-state index is 12.0. The molecule has 0 bridgehead atoms. The number of carbonyl (C=O) groups excluding carboxylic acids is 1. The molecule has 86 valence electrons. The minimum absolute atomic E-state index is 0.0455. The van der Waals surface area contributed by atoms with E-state index in [1.165, 1.54) is 12.8 Å². The first-order chi connectivity index (χ1) is 7.74. The third kappa shape index (κ3) is 1.89. The van der Waals surface area contributed by atoms with Crippen LogP contribution in [0.3, 0.4) is 0 Å². The van der Waals surface area contributed by atoms with Gasteiger partial charge in [-0.1, -0.05) is 0 Å². The van der Waals surface area contributed by atoms with Crippen molar-refractivity contribution in [3.8, 4) is 0 Å². The number of aromatic nitrogens is 1. The summed E-state index contributed by atoms with van der Waals surface area (Å²) in [5, 5.41) is 6.17. The lowest BCUT2D eigenvalue weighted by Crippen LogP contribution is -2.57. The summed E-state index contributed by atoms with van der Waals surface area (Å²) in [7, 11) is 0. The van der Waals surface area contributed by atoms with Gasteiger partial charge < -0.3 is 15.2 Å². The Balaban J connectivity index is 1.78. The number of rotatable bonds is 3. The highest BCUT2D eigenvalue weighted by molar-refractivity contribution is 9.10. The molecule has 0 aromatic carbocycles.